The van der Waals surface area contributed by atoms with Crippen molar-refractivity contribution in [3.05, 3.63) is 0 Å². The second kappa shape index (κ2) is 5.32. The Labute approximate surface area is 105 Å². The monoisotopic (exact) mass is 333 g/mol. The van der Waals surface area contributed by atoms with E-state index >= 15 is 0 Å². The molecule has 0 spiro atoms. The van der Waals surface area contributed by atoms with Crippen molar-refractivity contribution < 1.29 is 16.8 Å². The van der Waals surface area contributed by atoms with Gasteiger partial charge in [-0.1, -0.05) is 28.8 Å². The van der Waals surface area contributed by atoms with Gasteiger partial charge in [0.2, 0.25) is 10.0 Å². The van der Waals surface area contributed by atoms with Crippen LogP contribution in [-0.4, -0.2) is 39.0 Å². The second-order valence-electron chi connectivity index (χ2n) is 4.18. The van der Waals surface area contributed by atoms with Gasteiger partial charge >= 0.3 is 0 Å². The van der Waals surface area contributed by atoms with Crippen LogP contribution in [0.1, 0.15) is 25.7 Å². The van der Waals surface area contributed by atoms with E-state index in [0.29, 0.717) is 0 Å². The molecule has 1 aliphatic rings. The largest absolute Gasteiger partial charge is 0.228 e. The molecule has 0 amide bonds. The Hall–Kier alpha value is 0.340. The van der Waals surface area contributed by atoms with Gasteiger partial charge < -0.3 is 0 Å². The Balaban J connectivity index is 2.65. The zero-order chi connectivity index (χ0) is 12.4. The number of sulfone groups is 1. The van der Waals surface area contributed by atoms with Crippen LogP contribution in [0.3, 0.4) is 0 Å². The first-order valence-electron chi connectivity index (χ1n) is 5.01. The van der Waals surface area contributed by atoms with Crippen molar-refractivity contribution >= 4 is 35.8 Å². The Morgan fingerprint density at radius 3 is 2.25 bits per heavy atom. The Kier molecular flexibility index (Phi) is 4.79. The SMILES string of the molecule is CS(=O)(=O)CS(=O)(=O)NC1CCCCC1Br. The molecular formula is C8H16BrNO4S2. The molecule has 2 unspecified atom stereocenters. The normalized spacial score (nSPS) is 27.9. The molecule has 5 nitrogen and oxygen atoms in total. The third-order valence-corrected chi connectivity index (χ3v) is 7.09. The van der Waals surface area contributed by atoms with E-state index in [1.165, 1.54) is 0 Å². The van der Waals surface area contributed by atoms with Crippen LogP contribution in [-0.2, 0) is 19.9 Å². The molecule has 16 heavy (non-hydrogen) atoms. The standard InChI is InChI=1S/C8H16BrNO4S2/c1-15(11,12)6-16(13,14)10-8-5-3-2-4-7(8)9/h7-8,10H,2-6H2,1H3. The number of halogens is 1. The van der Waals surface area contributed by atoms with Crippen LogP contribution >= 0.6 is 15.9 Å². The molecule has 0 heterocycles. The first-order chi connectivity index (χ1) is 7.20. The van der Waals surface area contributed by atoms with E-state index in [4.69, 9.17) is 0 Å². The first-order valence-corrected chi connectivity index (χ1v) is 9.64. The van der Waals surface area contributed by atoms with Gasteiger partial charge in [-0.3, -0.25) is 0 Å². The van der Waals surface area contributed by atoms with Crippen LogP contribution in [0.25, 0.3) is 0 Å². The average Bonchev–Trinajstić information content (AvgIpc) is 2.04. The van der Waals surface area contributed by atoms with Crippen molar-refractivity contribution in [3.63, 3.8) is 0 Å². The third kappa shape index (κ3) is 5.11. The summed E-state index contributed by atoms with van der Waals surface area (Å²) >= 11 is 3.41. The maximum Gasteiger partial charge on any atom is 0.226 e. The average molecular weight is 334 g/mol. The molecule has 1 fully saturated rings. The van der Waals surface area contributed by atoms with E-state index in [9.17, 15) is 16.8 Å². The van der Waals surface area contributed by atoms with Crippen LogP contribution in [0.2, 0.25) is 0 Å². The van der Waals surface area contributed by atoms with Crippen molar-refractivity contribution in [1.29, 1.82) is 0 Å². The summed E-state index contributed by atoms with van der Waals surface area (Å²) in [6, 6.07) is -0.194. The fourth-order valence-corrected chi connectivity index (χ4v) is 5.93. The molecule has 1 rings (SSSR count). The summed E-state index contributed by atoms with van der Waals surface area (Å²) in [7, 11) is -7.26. The summed E-state index contributed by atoms with van der Waals surface area (Å²) in [6.07, 6.45) is 4.61. The highest BCUT2D eigenvalue weighted by Gasteiger charge is 2.28. The summed E-state index contributed by atoms with van der Waals surface area (Å²) in [6.45, 7) is 0. The van der Waals surface area contributed by atoms with Gasteiger partial charge in [-0.25, -0.2) is 21.6 Å². The van der Waals surface area contributed by atoms with E-state index in [1.807, 2.05) is 0 Å². The fourth-order valence-electron chi connectivity index (χ4n) is 1.76. The van der Waals surface area contributed by atoms with Crippen LogP contribution < -0.4 is 4.72 Å². The van der Waals surface area contributed by atoms with Gasteiger partial charge in [-0.05, 0) is 12.8 Å². The molecule has 0 aromatic carbocycles. The van der Waals surface area contributed by atoms with E-state index < -0.39 is 24.9 Å². The summed E-state index contributed by atoms with van der Waals surface area (Å²) in [5, 5.41) is -0.837. The minimum absolute atomic E-state index is 0.0931. The molecule has 1 saturated carbocycles. The molecule has 0 aromatic rings. The van der Waals surface area contributed by atoms with Gasteiger partial charge in [0.25, 0.3) is 0 Å². The zero-order valence-electron chi connectivity index (χ0n) is 9.02. The van der Waals surface area contributed by atoms with Crippen LogP contribution in [0, 0.1) is 0 Å². The summed E-state index contributed by atoms with van der Waals surface area (Å²) in [5.74, 6) is 0. The van der Waals surface area contributed by atoms with Gasteiger partial charge in [-0.2, -0.15) is 0 Å². The molecule has 0 aromatic heterocycles. The lowest BCUT2D eigenvalue weighted by Gasteiger charge is -2.27. The van der Waals surface area contributed by atoms with E-state index in [0.717, 1.165) is 31.9 Å². The summed E-state index contributed by atoms with van der Waals surface area (Å²) in [4.78, 5) is 0.0931. The molecule has 0 radical (unpaired) electrons. The molecule has 8 heteroatoms. The van der Waals surface area contributed by atoms with Gasteiger partial charge in [0, 0.05) is 17.1 Å². The Bertz CT molecular complexity index is 431. The minimum atomic E-state index is -3.74. The van der Waals surface area contributed by atoms with Crippen molar-refractivity contribution in [2.75, 3.05) is 11.3 Å². The lowest BCUT2D eigenvalue weighted by atomic mass is 9.96. The quantitative estimate of drug-likeness (QED) is 0.764. The number of nitrogens with one attached hydrogen (secondary N) is 1. The van der Waals surface area contributed by atoms with E-state index in [2.05, 4.69) is 20.7 Å². The highest BCUT2D eigenvalue weighted by molar-refractivity contribution is 9.09. The van der Waals surface area contributed by atoms with Crippen LogP contribution in [0.4, 0.5) is 0 Å². The molecule has 0 aliphatic heterocycles. The fraction of sp³-hybridized carbons (Fsp3) is 1.00. The zero-order valence-corrected chi connectivity index (χ0v) is 12.2. The molecular weight excluding hydrogens is 318 g/mol. The molecule has 0 saturated heterocycles. The number of hydrogen-bond acceptors (Lipinski definition) is 4. The predicted molar refractivity (Wildman–Crippen MR) is 66.7 cm³/mol. The first kappa shape index (κ1) is 14.4. The molecule has 0 bridgehead atoms. The van der Waals surface area contributed by atoms with Gasteiger partial charge in [0.05, 0.1) is 0 Å². The lowest BCUT2D eigenvalue weighted by Crippen LogP contribution is -2.44. The molecule has 1 N–H and O–H groups in total. The van der Waals surface area contributed by atoms with Gasteiger partial charge in [-0.15, -0.1) is 0 Å². The maximum absolute atomic E-state index is 11.5. The Morgan fingerprint density at radius 1 is 1.19 bits per heavy atom. The third-order valence-electron chi connectivity index (χ3n) is 2.38. The van der Waals surface area contributed by atoms with Crippen molar-refractivity contribution in [2.45, 2.75) is 36.6 Å². The van der Waals surface area contributed by atoms with Crippen molar-refractivity contribution in [2.24, 2.45) is 0 Å². The molecule has 96 valence electrons. The Morgan fingerprint density at radius 2 is 1.75 bits per heavy atom. The maximum atomic E-state index is 11.5. The van der Waals surface area contributed by atoms with Crippen LogP contribution in [0.15, 0.2) is 0 Å². The summed E-state index contributed by atoms with van der Waals surface area (Å²) in [5.41, 5.74) is 0. The van der Waals surface area contributed by atoms with Gasteiger partial charge in [0.15, 0.2) is 14.9 Å². The van der Waals surface area contributed by atoms with Crippen molar-refractivity contribution in [1.82, 2.24) is 4.72 Å². The van der Waals surface area contributed by atoms with E-state index in [-0.39, 0.29) is 10.9 Å². The molecule has 2 atom stereocenters. The second-order valence-corrected chi connectivity index (χ2v) is 9.62. The van der Waals surface area contributed by atoms with Crippen molar-refractivity contribution in [3.8, 4) is 0 Å². The van der Waals surface area contributed by atoms with Gasteiger partial charge in [0.1, 0.15) is 0 Å². The number of alkyl halides is 1. The topological polar surface area (TPSA) is 80.3 Å². The lowest BCUT2D eigenvalue weighted by molar-refractivity contribution is 0.428. The highest BCUT2D eigenvalue weighted by atomic mass is 79.9. The highest BCUT2D eigenvalue weighted by Crippen LogP contribution is 2.25. The number of sulfonamides is 1. The van der Waals surface area contributed by atoms with E-state index in [1.54, 1.807) is 0 Å². The minimum Gasteiger partial charge on any atom is -0.228 e. The predicted octanol–water partition coefficient (Wildman–Crippen LogP) is 0.614. The number of rotatable bonds is 4. The summed E-state index contributed by atoms with van der Waals surface area (Å²) < 4.78 is 47.4. The molecule has 1 aliphatic carbocycles. The number of hydrogen-bond donors (Lipinski definition) is 1. The van der Waals surface area contributed by atoms with Crippen LogP contribution in [0.5, 0.6) is 0 Å². The smallest absolute Gasteiger partial charge is 0.226 e.